The Bertz CT molecular complexity index is 668. The summed E-state index contributed by atoms with van der Waals surface area (Å²) in [5.74, 6) is 2.15. The van der Waals surface area contributed by atoms with Crippen LogP contribution >= 0.6 is 0 Å². The van der Waals surface area contributed by atoms with Crippen molar-refractivity contribution in [1.82, 2.24) is 15.2 Å². The van der Waals surface area contributed by atoms with Gasteiger partial charge in [0.2, 0.25) is 11.8 Å². The summed E-state index contributed by atoms with van der Waals surface area (Å²) < 4.78 is 0. The van der Waals surface area contributed by atoms with Crippen molar-refractivity contribution in [2.75, 3.05) is 31.1 Å². The van der Waals surface area contributed by atoms with Crippen molar-refractivity contribution in [3.05, 3.63) is 24.4 Å². The molecule has 6 nitrogen and oxygen atoms in total. The van der Waals surface area contributed by atoms with Gasteiger partial charge in [-0.3, -0.25) is 9.59 Å². The third-order valence-electron chi connectivity index (χ3n) is 6.39. The monoisotopic (exact) mass is 384 g/mol. The molecular formula is C22H32N4O2. The van der Waals surface area contributed by atoms with Crippen LogP contribution in [0, 0.1) is 11.8 Å². The van der Waals surface area contributed by atoms with Gasteiger partial charge >= 0.3 is 0 Å². The summed E-state index contributed by atoms with van der Waals surface area (Å²) >= 11 is 0. The van der Waals surface area contributed by atoms with Gasteiger partial charge in [-0.1, -0.05) is 6.07 Å². The van der Waals surface area contributed by atoms with E-state index in [1.54, 1.807) is 0 Å². The first-order valence-electron chi connectivity index (χ1n) is 10.9. The third kappa shape index (κ3) is 5.03. The number of amides is 2. The zero-order valence-corrected chi connectivity index (χ0v) is 16.7. The van der Waals surface area contributed by atoms with Gasteiger partial charge in [0.15, 0.2) is 0 Å². The van der Waals surface area contributed by atoms with E-state index >= 15 is 0 Å². The summed E-state index contributed by atoms with van der Waals surface area (Å²) in [6.45, 7) is 3.44. The van der Waals surface area contributed by atoms with E-state index in [-0.39, 0.29) is 11.8 Å². The Balaban J connectivity index is 1.21. The van der Waals surface area contributed by atoms with E-state index in [4.69, 9.17) is 0 Å². The van der Waals surface area contributed by atoms with E-state index in [1.165, 1.54) is 0 Å². The SMILES string of the molecule is O=C(CCC1CCN(C(=O)[C@@H]2CCCN(c3ccccn3)C2)CC1)NC1CC1. The summed E-state index contributed by atoms with van der Waals surface area (Å²) in [6.07, 6.45) is 9.77. The van der Waals surface area contributed by atoms with E-state index in [9.17, 15) is 9.59 Å². The zero-order valence-electron chi connectivity index (χ0n) is 16.7. The number of pyridine rings is 1. The van der Waals surface area contributed by atoms with Crippen LogP contribution in [0.5, 0.6) is 0 Å². The van der Waals surface area contributed by atoms with Crippen molar-refractivity contribution in [3.63, 3.8) is 0 Å². The van der Waals surface area contributed by atoms with Crippen LogP contribution in [0.25, 0.3) is 0 Å². The Morgan fingerprint density at radius 3 is 2.61 bits per heavy atom. The minimum absolute atomic E-state index is 0.0802. The van der Waals surface area contributed by atoms with E-state index in [1.807, 2.05) is 24.4 Å². The number of nitrogens with one attached hydrogen (secondary N) is 1. The maximum absolute atomic E-state index is 13.0. The van der Waals surface area contributed by atoms with Gasteiger partial charge in [-0.25, -0.2) is 4.98 Å². The van der Waals surface area contributed by atoms with E-state index < -0.39 is 0 Å². The molecule has 2 amide bonds. The van der Waals surface area contributed by atoms with Gasteiger partial charge in [-0.15, -0.1) is 0 Å². The number of piperidine rings is 2. The van der Waals surface area contributed by atoms with Crippen LogP contribution in [-0.2, 0) is 9.59 Å². The molecule has 0 unspecified atom stereocenters. The van der Waals surface area contributed by atoms with Gasteiger partial charge in [0.1, 0.15) is 5.82 Å². The predicted molar refractivity (Wildman–Crippen MR) is 109 cm³/mol. The summed E-state index contributed by atoms with van der Waals surface area (Å²) in [7, 11) is 0. The zero-order chi connectivity index (χ0) is 19.3. The fourth-order valence-corrected chi connectivity index (χ4v) is 4.49. The second-order valence-corrected chi connectivity index (χ2v) is 8.62. The number of aromatic nitrogens is 1. The number of hydrogen-bond donors (Lipinski definition) is 1. The molecule has 1 aliphatic carbocycles. The van der Waals surface area contributed by atoms with Crippen molar-refractivity contribution < 1.29 is 9.59 Å². The lowest BCUT2D eigenvalue weighted by Crippen LogP contribution is -2.47. The highest BCUT2D eigenvalue weighted by molar-refractivity contribution is 5.80. The van der Waals surface area contributed by atoms with E-state index in [0.717, 1.165) is 76.9 Å². The van der Waals surface area contributed by atoms with Crippen LogP contribution in [0.15, 0.2) is 24.4 Å². The van der Waals surface area contributed by atoms with Gasteiger partial charge in [-0.05, 0) is 63.0 Å². The average Bonchev–Trinajstić information content (AvgIpc) is 3.57. The molecule has 0 aromatic carbocycles. The van der Waals surface area contributed by atoms with Crippen LogP contribution in [0.4, 0.5) is 5.82 Å². The number of carbonyl (C=O) groups is 2. The van der Waals surface area contributed by atoms with Gasteiger partial charge in [-0.2, -0.15) is 0 Å². The first-order valence-corrected chi connectivity index (χ1v) is 10.9. The topological polar surface area (TPSA) is 65.5 Å². The van der Waals surface area contributed by atoms with Crippen molar-refractivity contribution >= 4 is 17.6 Å². The Hall–Kier alpha value is -2.11. The van der Waals surface area contributed by atoms with Crippen molar-refractivity contribution in [2.24, 2.45) is 11.8 Å². The molecule has 1 aromatic heterocycles. The Morgan fingerprint density at radius 1 is 1.07 bits per heavy atom. The highest BCUT2D eigenvalue weighted by Gasteiger charge is 2.32. The lowest BCUT2D eigenvalue weighted by atomic mass is 9.90. The molecule has 3 fully saturated rings. The minimum atomic E-state index is 0.0802. The number of anilines is 1. The maximum atomic E-state index is 13.0. The van der Waals surface area contributed by atoms with Crippen molar-refractivity contribution in [2.45, 2.75) is 57.4 Å². The molecule has 6 heteroatoms. The van der Waals surface area contributed by atoms with Gasteiger partial charge in [0.25, 0.3) is 0 Å². The lowest BCUT2D eigenvalue weighted by molar-refractivity contribution is -0.137. The first-order chi connectivity index (χ1) is 13.7. The Labute approximate surface area is 167 Å². The van der Waals surface area contributed by atoms with Crippen LogP contribution in [-0.4, -0.2) is 53.9 Å². The molecule has 152 valence electrons. The molecule has 2 saturated heterocycles. The van der Waals surface area contributed by atoms with Crippen LogP contribution in [0.1, 0.15) is 51.4 Å². The third-order valence-corrected chi connectivity index (χ3v) is 6.39. The number of nitrogens with zero attached hydrogens (tertiary/aromatic N) is 3. The average molecular weight is 385 g/mol. The highest BCUT2D eigenvalue weighted by atomic mass is 16.2. The molecular weight excluding hydrogens is 352 g/mol. The van der Waals surface area contributed by atoms with Gasteiger partial charge < -0.3 is 15.1 Å². The number of likely N-dealkylation sites (tertiary alicyclic amines) is 1. The molecule has 3 aliphatic rings. The minimum Gasteiger partial charge on any atom is -0.356 e. The van der Waals surface area contributed by atoms with Crippen molar-refractivity contribution in [1.29, 1.82) is 0 Å². The molecule has 4 rings (SSSR count). The van der Waals surface area contributed by atoms with Crippen molar-refractivity contribution in [3.8, 4) is 0 Å². The molecule has 1 N–H and O–H groups in total. The Kier molecular flexibility index (Phi) is 6.13. The lowest BCUT2D eigenvalue weighted by Gasteiger charge is -2.38. The second kappa shape index (κ2) is 8.93. The second-order valence-electron chi connectivity index (χ2n) is 8.62. The number of rotatable bonds is 6. The largest absolute Gasteiger partial charge is 0.356 e. The maximum Gasteiger partial charge on any atom is 0.227 e. The quantitative estimate of drug-likeness (QED) is 0.819. The summed E-state index contributed by atoms with van der Waals surface area (Å²) in [4.78, 5) is 33.7. The summed E-state index contributed by atoms with van der Waals surface area (Å²) in [5.41, 5.74) is 0. The molecule has 1 atom stereocenters. The molecule has 0 bridgehead atoms. The van der Waals surface area contributed by atoms with Gasteiger partial charge in [0.05, 0.1) is 5.92 Å². The Morgan fingerprint density at radius 2 is 1.89 bits per heavy atom. The number of hydrogen-bond acceptors (Lipinski definition) is 4. The van der Waals surface area contributed by atoms with E-state index in [2.05, 4.69) is 20.1 Å². The van der Waals surface area contributed by atoms with Crippen LogP contribution < -0.4 is 10.2 Å². The molecule has 2 aliphatic heterocycles. The number of carbonyl (C=O) groups excluding carboxylic acids is 2. The smallest absolute Gasteiger partial charge is 0.227 e. The fraction of sp³-hybridized carbons (Fsp3) is 0.682. The summed E-state index contributed by atoms with van der Waals surface area (Å²) in [6, 6.07) is 6.41. The standard InChI is InChI=1S/C22H32N4O2/c27-21(24-19-7-8-19)9-6-17-10-14-25(15-11-17)22(28)18-4-3-13-26(16-18)20-5-1-2-12-23-20/h1-2,5,12,17-19H,3-4,6-11,13-16H2,(H,24,27)/t18-/m1/s1. The molecule has 3 heterocycles. The molecule has 1 saturated carbocycles. The summed E-state index contributed by atoms with van der Waals surface area (Å²) in [5, 5.41) is 3.07. The van der Waals surface area contributed by atoms with Crippen LogP contribution in [0.3, 0.4) is 0 Å². The highest BCUT2D eigenvalue weighted by Crippen LogP contribution is 2.27. The molecule has 1 aromatic rings. The predicted octanol–water partition coefficient (Wildman–Crippen LogP) is 2.60. The van der Waals surface area contributed by atoms with E-state index in [0.29, 0.717) is 24.3 Å². The molecule has 0 spiro atoms. The first kappa shape index (κ1) is 19.2. The van der Waals surface area contributed by atoms with Crippen LogP contribution in [0.2, 0.25) is 0 Å². The molecule has 0 radical (unpaired) electrons. The van der Waals surface area contributed by atoms with Gasteiger partial charge in [0, 0.05) is 44.8 Å². The normalized spacial score (nSPS) is 23.5. The fourth-order valence-electron chi connectivity index (χ4n) is 4.49. The molecule has 28 heavy (non-hydrogen) atoms.